The minimum atomic E-state index is -0.0307. The fourth-order valence-electron chi connectivity index (χ4n) is 4.28. The first-order valence-electron chi connectivity index (χ1n) is 9.67. The van der Waals surface area contributed by atoms with Crippen molar-refractivity contribution in [3.8, 4) is 11.4 Å². The first-order valence-corrected chi connectivity index (χ1v) is 9.67. The molecule has 0 spiro atoms. The number of methoxy groups -OCH3 is 1. The number of benzene rings is 3. The Balaban J connectivity index is 1.69. The molecule has 1 aliphatic rings. The van der Waals surface area contributed by atoms with Crippen LogP contribution in [0.4, 0.5) is 5.82 Å². The van der Waals surface area contributed by atoms with Crippen LogP contribution in [-0.4, -0.2) is 22.8 Å². The maximum absolute atomic E-state index is 12.7. The third-order valence-electron chi connectivity index (χ3n) is 5.62. The molecule has 2 heterocycles. The van der Waals surface area contributed by atoms with Gasteiger partial charge >= 0.3 is 0 Å². The fourth-order valence-corrected chi connectivity index (χ4v) is 4.28. The highest BCUT2D eigenvalue weighted by Crippen LogP contribution is 2.42. The average molecular weight is 383 g/mol. The predicted octanol–water partition coefficient (Wildman–Crippen LogP) is 4.82. The first-order chi connectivity index (χ1) is 14.2. The number of amides is 1. The van der Waals surface area contributed by atoms with Crippen molar-refractivity contribution in [2.45, 2.75) is 19.3 Å². The van der Waals surface area contributed by atoms with Crippen molar-refractivity contribution in [3.63, 3.8) is 0 Å². The third kappa shape index (κ3) is 2.86. The largest absolute Gasteiger partial charge is 0.497 e. The molecule has 0 fully saturated rings. The van der Waals surface area contributed by atoms with Gasteiger partial charge in [0.05, 0.1) is 18.5 Å². The number of fused-ring (bicyclic) bond motifs is 2. The molecule has 144 valence electrons. The molecule has 5 nitrogen and oxygen atoms in total. The molecule has 0 aliphatic carbocycles. The molecule has 5 heteroatoms. The number of aromatic nitrogens is 2. The second kappa shape index (κ2) is 6.78. The number of anilines is 1. The summed E-state index contributed by atoms with van der Waals surface area (Å²) in [5.74, 6) is 1.51. The molecule has 1 aromatic heterocycles. The van der Waals surface area contributed by atoms with Crippen LogP contribution in [0.5, 0.6) is 5.75 Å². The Morgan fingerprint density at radius 3 is 2.59 bits per heavy atom. The number of ether oxygens (including phenoxy) is 1. The predicted molar refractivity (Wildman–Crippen MR) is 114 cm³/mol. The minimum absolute atomic E-state index is 0.00472. The number of nitrogens with one attached hydrogen (secondary N) is 1. The molecule has 1 aliphatic heterocycles. The van der Waals surface area contributed by atoms with Gasteiger partial charge in [-0.3, -0.25) is 4.79 Å². The maximum atomic E-state index is 12.7. The standard InChI is InChI=1S/C24H21N3O2/c1-15-23-21(20-9-5-7-16-6-3-4-8-19(16)20)14-22(28)25-24(23)27(26-15)17-10-12-18(29-2)13-11-17/h3-13,21H,14H2,1-2H3,(H,25,28)/t21-/m1/s1. The van der Waals surface area contributed by atoms with Gasteiger partial charge in [-0.25, -0.2) is 4.68 Å². The van der Waals surface area contributed by atoms with Crippen molar-refractivity contribution in [3.05, 3.63) is 83.6 Å². The lowest BCUT2D eigenvalue weighted by atomic mass is 9.83. The molecule has 0 radical (unpaired) electrons. The van der Waals surface area contributed by atoms with Gasteiger partial charge in [-0.1, -0.05) is 42.5 Å². The summed E-state index contributed by atoms with van der Waals surface area (Å²) in [5, 5.41) is 10.2. The highest BCUT2D eigenvalue weighted by Gasteiger charge is 2.33. The summed E-state index contributed by atoms with van der Waals surface area (Å²) < 4.78 is 7.08. The Bertz CT molecular complexity index is 1220. The Kier molecular flexibility index (Phi) is 4.09. The number of aryl methyl sites for hydroxylation is 1. The molecule has 1 N–H and O–H groups in total. The summed E-state index contributed by atoms with van der Waals surface area (Å²) in [5.41, 5.74) is 4.05. The van der Waals surface area contributed by atoms with E-state index in [2.05, 4.69) is 35.6 Å². The number of nitrogens with zero attached hydrogens (tertiary/aromatic N) is 2. The number of carbonyl (C=O) groups is 1. The second-order valence-electron chi connectivity index (χ2n) is 7.33. The number of hydrogen-bond donors (Lipinski definition) is 1. The van der Waals surface area contributed by atoms with Crippen LogP contribution in [-0.2, 0) is 4.79 Å². The van der Waals surface area contributed by atoms with Crippen LogP contribution in [0.1, 0.15) is 29.2 Å². The van der Waals surface area contributed by atoms with E-state index in [1.54, 1.807) is 7.11 Å². The molecule has 0 bridgehead atoms. The smallest absolute Gasteiger partial charge is 0.226 e. The van der Waals surface area contributed by atoms with Gasteiger partial charge in [0.1, 0.15) is 11.6 Å². The summed E-state index contributed by atoms with van der Waals surface area (Å²) in [7, 11) is 1.64. The lowest BCUT2D eigenvalue weighted by Crippen LogP contribution is -2.25. The summed E-state index contributed by atoms with van der Waals surface area (Å²) in [6.07, 6.45) is 0.413. The SMILES string of the molecule is COc1ccc(-n2nc(C)c3c2NC(=O)C[C@@H]3c2cccc3ccccc23)cc1. The van der Waals surface area contributed by atoms with Gasteiger partial charge in [0.25, 0.3) is 0 Å². The highest BCUT2D eigenvalue weighted by molar-refractivity contribution is 5.96. The van der Waals surface area contributed by atoms with E-state index in [-0.39, 0.29) is 11.8 Å². The van der Waals surface area contributed by atoms with Gasteiger partial charge in [0.2, 0.25) is 5.91 Å². The first kappa shape index (κ1) is 17.5. The van der Waals surface area contributed by atoms with Crippen LogP contribution >= 0.6 is 0 Å². The van der Waals surface area contributed by atoms with E-state index in [0.717, 1.165) is 34.1 Å². The summed E-state index contributed by atoms with van der Waals surface area (Å²) >= 11 is 0. The van der Waals surface area contributed by atoms with E-state index in [4.69, 9.17) is 9.84 Å². The topological polar surface area (TPSA) is 56.1 Å². The molecule has 3 aromatic carbocycles. The van der Waals surface area contributed by atoms with E-state index in [0.29, 0.717) is 6.42 Å². The van der Waals surface area contributed by atoms with Gasteiger partial charge in [0.15, 0.2) is 0 Å². The van der Waals surface area contributed by atoms with Crippen molar-refractivity contribution in [1.29, 1.82) is 0 Å². The van der Waals surface area contributed by atoms with Crippen molar-refractivity contribution < 1.29 is 9.53 Å². The third-order valence-corrected chi connectivity index (χ3v) is 5.62. The summed E-state index contributed by atoms with van der Waals surface area (Å²) in [6.45, 7) is 2.01. The average Bonchev–Trinajstić information content (AvgIpc) is 3.09. The van der Waals surface area contributed by atoms with Gasteiger partial charge in [-0.2, -0.15) is 5.10 Å². The van der Waals surface area contributed by atoms with Crippen molar-refractivity contribution in [2.24, 2.45) is 0 Å². The molecule has 1 amide bonds. The van der Waals surface area contributed by atoms with Gasteiger partial charge < -0.3 is 10.1 Å². The maximum Gasteiger partial charge on any atom is 0.226 e. The van der Waals surface area contributed by atoms with Gasteiger partial charge in [0, 0.05) is 17.9 Å². The van der Waals surface area contributed by atoms with Crippen LogP contribution in [0.15, 0.2) is 66.7 Å². The fraction of sp³-hybridized carbons (Fsp3) is 0.167. The second-order valence-corrected chi connectivity index (χ2v) is 7.33. The van der Waals surface area contributed by atoms with E-state index in [9.17, 15) is 4.79 Å². The lowest BCUT2D eigenvalue weighted by Gasteiger charge is -2.25. The molecular weight excluding hydrogens is 362 g/mol. The zero-order chi connectivity index (χ0) is 20.0. The van der Waals surface area contributed by atoms with Crippen LogP contribution in [0.3, 0.4) is 0 Å². The quantitative estimate of drug-likeness (QED) is 0.552. The zero-order valence-corrected chi connectivity index (χ0v) is 16.3. The van der Waals surface area contributed by atoms with Crippen LogP contribution in [0.2, 0.25) is 0 Å². The van der Waals surface area contributed by atoms with Crippen LogP contribution < -0.4 is 10.1 Å². The summed E-state index contributed by atoms with van der Waals surface area (Å²) in [4.78, 5) is 12.7. The van der Waals surface area contributed by atoms with Crippen molar-refractivity contribution >= 4 is 22.5 Å². The van der Waals surface area contributed by atoms with E-state index < -0.39 is 0 Å². The number of hydrogen-bond acceptors (Lipinski definition) is 3. The van der Waals surface area contributed by atoms with E-state index in [1.807, 2.05) is 48.0 Å². The molecule has 0 unspecified atom stereocenters. The van der Waals surface area contributed by atoms with Crippen LogP contribution in [0, 0.1) is 6.92 Å². The van der Waals surface area contributed by atoms with Crippen molar-refractivity contribution in [2.75, 3.05) is 12.4 Å². The van der Waals surface area contributed by atoms with Crippen LogP contribution in [0.25, 0.3) is 16.5 Å². The molecule has 5 rings (SSSR count). The molecule has 0 saturated carbocycles. The van der Waals surface area contributed by atoms with Gasteiger partial charge in [-0.05, 0) is 47.5 Å². The van der Waals surface area contributed by atoms with Gasteiger partial charge in [-0.15, -0.1) is 0 Å². The van der Waals surface area contributed by atoms with E-state index in [1.165, 1.54) is 10.8 Å². The minimum Gasteiger partial charge on any atom is -0.497 e. The Labute approximate surface area is 168 Å². The number of carbonyl (C=O) groups excluding carboxylic acids is 1. The monoisotopic (exact) mass is 383 g/mol. The van der Waals surface area contributed by atoms with E-state index >= 15 is 0 Å². The molecule has 1 atom stereocenters. The van der Waals surface area contributed by atoms with Crippen molar-refractivity contribution in [1.82, 2.24) is 9.78 Å². The Morgan fingerprint density at radius 1 is 1.03 bits per heavy atom. The molecule has 0 saturated heterocycles. The number of rotatable bonds is 3. The Hall–Kier alpha value is -3.60. The Morgan fingerprint density at radius 2 is 1.79 bits per heavy atom. The molecular formula is C24H21N3O2. The highest BCUT2D eigenvalue weighted by atomic mass is 16.5. The molecule has 4 aromatic rings. The summed E-state index contributed by atoms with van der Waals surface area (Å²) in [6, 6.07) is 22.3. The molecule has 29 heavy (non-hydrogen) atoms. The lowest BCUT2D eigenvalue weighted by molar-refractivity contribution is -0.116. The normalized spacial score (nSPS) is 15.8. The zero-order valence-electron chi connectivity index (χ0n) is 16.3.